The van der Waals surface area contributed by atoms with Crippen molar-refractivity contribution in [3.05, 3.63) is 23.8 Å². The molecule has 1 aromatic carbocycles. The molecule has 6 nitrogen and oxygen atoms in total. The number of benzene rings is 1. The molecule has 1 unspecified atom stereocenters. The second-order valence-electron chi connectivity index (χ2n) is 5.22. The molecule has 1 atom stereocenters. The Morgan fingerprint density at radius 2 is 1.95 bits per heavy atom. The van der Waals surface area contributed by atoms with E-state index in [2.05, 4.69) is 10.6 Å². The summed E-state index contributed by atoms with van der Waals surface area (Å²) >= 11 is 0. The van der Waals surface area contributed by atoms with Gasteiger partial charge in [0.2, 0.25) is 5.91 Å². The zero-order valence-electron chi connectivity index (χ0n) is 12.8. The van der Waals surface area contributed by atoms with Gasteiger partial charge in [0, 0.05) is 12.6 Å². The highest BCUT2D eigenvalue weighted by Crippen LogP contribution is 2.23. The van der Waals surface area contributed by atoms with E-state index in [1.807, 2.05) is 13.8 Å². The van der Waals surface area contributed by atoms with Gasteiger partial charge in [0.1, 0.15) is 17.5 Å². The summed E-state index contributed by atoms with van der Waals surface area (Å²) in [6.07, 6.45) is 0. The third-order valence-electron chi connectivity index (χ3n) is 2.87. The van der Waals surface area contributed by atoms with E-state index in [9.17, 15) is 14.7 Å². The van der Waals surface area contributed by atoms with Gasteiger partial charge in [-0.05, 0) is 25.0 Å². The summed E-state index contributed by atoms with van der Waals surface area (Å²) in [5.74, 6) is -0.178. The van der Waals surface area contributed by atoms with Crippen molar-refractivity contribution in [1.29, 1.82) is 0 Å². The van der Waals surface area contributed by atoms with Crippen molar-refractivity contribution in [2.24, 2.45) is 5.92 Å². The van der Waals surface area contributed by atoms with Crippen molar-refractivity contribution < 1.29 is 19.4 Å². The Morgan fingerprint density at radius 1 is 1.29 bits per heavy atom. The molecule has 0 heterocycles. The second-order valence-corrected chi connectivity index (χ2v) is 5.22. The molecule has 0 aliphatic carbocycles. The Bertz CT molecular complexity index is 514. The smallest absolute Gasteiger partial charge is 0.255 e. The number of hydrogen-bond acceptors (Lipinski definition) is 4. The van der Waals surface area contributed by atoms with Crippen LogP contribution < -0.4 is 15.4 Å². The summed E-state index contributed by atoms with van der Waals surface area (Å²) in [4.78, 5) is 23.8. The number of aromatic hydroxyl groups is 1. The summed E-state index contributed by atoms with van der Waals surface area (Å²) in [7, 11) is 1.47. The van der Waals surface area contributed by atoms with Crippen molar-refractivity contribution in [3.8, 4) is 11.5 Å². The summed E-state index contributed by atoms with van der Waals surface area (Å²) < 4.78 is 4.95. The molecule has 3 N–H and O–H groups in total. The Kier molecular flexibility index (Phi) is 6.02. The molecule has 2 amide bonds. The average molecular weight is 294 g/mol. The van der Waals surface area contributed by atoms with Gasteiger partial charge >= 0.3 is 0 Å². The van der Waals surface area contributed by atoms with Gasteiger partial charge in [0.25, 0.3) is 5.91 Å². The standard InChI is InChI=1S/C15H22N2O4/c1-9(2)8-16-14(19)10(3)17-15(20)12-6-5-11(21-4)7-13(12)18/h5-7,9-10,18H,8H2,1-4H3,(H,16,19)(H,17,20). The molecule has 0 fully saturated rings. The molecule has 0 spiro atoms. The van der Waals surface area contributed by atoms with Crippen LogP contribution in [0.2, 0.25) is 0 Å². The van der Waals surface area contributed by atoms with Crippen LogP contribution in [0, 0.1) is 5.92 Å². The number of phenolic OH excluding ortho intramolecular Hbond substituents is 1. The van der Waals surface area contributed by atoms with E-state index in [4.69, 9.17) is 4.74 Å². The number of carbonyl (C=O) groups is 2. The van der Waals surface area contributed by atoms with E-state index < -0.39 is 11.9 Å². The number of methoxy groups -OCH3 is 1. The number of rotatable bonds is 6. The minimum atomic E-state index is -0.683. The molecule has 21 heavy (non-hydrogen) atoms. The number of ether oxygens (including phenoxy) is 1. The second kappa shape index (κ2) is 7.52. The van der Waals surface area contributed by atoms with Crippen molar-refractivity contribution in [1.82, 2.24) is 10.6 Å². The van der Waals surface area contributed by atoms with Crippen molar-refractivity contribution in [2.75, 3.05) is 13.7 Å². The monoisotopic (exact) mass is 294 g/mol. The third-order valence-corrected chi connectivity index (χ3v) is 2.87. The topological polar surface area (TPSA) is 87.7 Å². The molecule has 1 aromatic rings. The van der Waals surface area contributed by atoms with Crippen LogP contribution in [0.1, 0.15) is 31.1 Å². The first-order chi connectivity index (χ1) is 9.85. The fourth-order valence-electron chi connectivity index (χ4n) is 1.63. The van der Waals surface area contributed by atoms with Crippen LogP contribution in [0.3, 0.4) is 0 Å². The van der Waals surface area contributed by atoms with Crippen molar-refractivity contribution in [2.45, 2.75) is 26.8 Å². The number of amides is 2. The van der Waals surface area contributed by atoms with Gasteiger partial charge < -0.3 is 20.5 Å². The molecule has 0 aromatic heterocycles. The molecular weight excluding hydrogens is 272 g/mol. The first-order valence-corrected chi connectivity index (χ1v) is 6.80. The fraction of sp³-hybridized carbons (Fsp3) is 0.467. The molecule has 0 saturated carbocycles. The Morgan fingerprint density at radius 3 is 2.48 bits per heavy atom. The van der Waals surface area contributed by atoms with E-state index in [1.54, 1.807) is 13.0 Å². The first-order valence-electron chi connectivity index (χ1n) is 6.80. The zero-order chi connectivity index (χ0) is 16.0. The van der Waals surface area contributed by atoms with Crippen LogP contribution in [-0.4, -0.2) is 36.6 Å². The lowest BCUT2D eigenvalue weighted by Gasteiger charge is -2.15. The quantitative estimate of drug-likeness (QED) is 0.738. The molecule has 6 heteroatoms. The SMILES string of the molecule is COc1ccc(C(=O)NC(C)C(=O)NCC(C)C)c(O)c1. The van der Waals surface area contributed by atoms with Crippen molar-refractivity contribution >= 4 is 11.8 Å². The first kappa shape index (κ1) is 16.8. The van der Waals surface area contributed by atoms with Crippen LogP contribution >= 0.6 is 0 Å². The summed E-state index contributed by atoms with van der Waals surface area (Å²) in [6.45, 7) is 6.11. The summed E-state index contributed by atoms with van der Waals surface area (Å²) in [6, 6.07) is 3.68. The van der Waals surface area contributed by atoms with E-state index in [0.717, 1.165) is 0 Å². The largest absolute Gasteiger partial charge is 0.507 e. The van der Waals surface area contributed by atoms with Gasteiger partial charge in [0.05, 0.1) is 12.7 Å². The Hall–Kier alpha value is -2.24. The van der Waals surface area contributed by atoms with E-state index in [0.29, 0.717) is 18.2 Å². The maximum absolute atomic E-state index is 12.0. The van der Waals surface area contributed by atoms with Gasteiger partial charge in [-0.1, -0.05) is 13.8 Å². The Labute approximate surface area is 124 Å². The van der Waals surface area contributed by atoms with Gasteiger partial charge in [0.15, 0.2) is 0 Å². The average Bonchev–Trinajstić information content (AvgIpc) is 2.43. The molecule has 0 bridgehead atoms. The minimum absolute atomic E-state index is 0.0966. The number of phenols is 1. The highest BCUT2D eigenvalue weighted by atomic mass is 16.5. The molecule has 0 radical (unpaired) electrons. The highest BCUT2D eigenvalue weighted by Gasteiger charge is 2.18. The maximum Gasteiger partial charge on any atom is 0.255 e. The lowest BCUT2D eigenvalue weighted by atomic mass is 10.1. The minimum Gasteiger partial charge on any atom is -0.507 e. The predicted octanol–water partition coefficient (Wildman–Crippen LogP) is 1.29. The van der Waals surface area contributed by atoms with Gasteiger partial charge in [-0.3, -0.25) is 9.59 Å². The highest BCUT2D eigenvalue weighted by molar-refractivity contribution is 5.99. The summed E-state index contributed by atoms with van der Waals surface area (Å²) in [5.41, 5.74) is 0.0966. The lowest BCUT2D eigenvalue weighted by molar-refractivity contribution is -0.122. The molecule has 116 valence electrons. The number of nitrogens with one attached hydrogen (secondary N) is 2. The predicted molar refractivity (Wildman–Crippen MR) is 79.4 cm³/mol. The normalized spacial score (nSPS) is 11.9. The molecule has 0 aliphatic heterocycles. The van der Waals surface area contributed by atoms with E-state index in [1.165, 1.54) is 19.2 Å². The van der Waals surface area contributed by atoms with Gasteiger partial charge in [-0.25, -0.2) is 0 Å². The molecule has 1 rings (SSSR count). The van der Waals surface area contributed by atoms with E-state index in [-0.39, 0.29) is 17.2 Å². The molecule has 0 aliphatic rings. The van der Waals surface area contributed by atoms with E-state index >= 15 is 0 Å². The van der Waals surface area contributed by atoms with Crippen LogP contribution in [-0.2, 0) is 4.79 Å². The number of carbonyl (C=O) groups excluding carboxylic acids is 2. The lowest BCUT2D eigenvalue weighted by Crippen LogP contribution is -2.45. The molecular formula is C15H22N2O4. The fourth-order valence-corrected chi connectivity index (χ4v) is 1.63. The van der Waals surface area contributed by atoms with Crippen LogP contribution in [0.5, 0.6) is 11.5 Å². The zero-order valence-corrected chi connectivity index (χ0v) is 12.8. The van der Waals surface area contributed by atoms with Crippen LogP contribution in [0.15, 0.2) is 18.2 Å². The van der Waals surface area contributed by atoms with Gasteiger partial charge in [-0.15, -0.1) is 0 Å². The van der Waals surface area contributed by atoms with Gasteiger partial charge in [-0.2, -0.15) is 0 Å². The van der Waals surface area contributed by atoms with Crippen LogP contribution in [0.4, 0.5) is 0 Å². The molecule has 0 saturated heterocycles. The number of hydrogen-bond donors (Lipinski definition) is 3. The summed E-state index contributed by atoms with van der Waals surface area (Å²) in [5, 5.41) is 15.1. The van der Waals surface area contributed by atoms with Crippen molar-refractivity contribution in [3.63, 3.8) is 0 Å². The maximum atomic E-state index is 12.0. The van der Waals surface area contributed by atoms with Crippen LogP contribution in [0.25, 0.3) is 0 Å². The third kappa shape index (κ3) is 4.98. The Balaban J connectivity index is 2.66.